The molecular weight excluding hydrogens is 344 g/mol. The number of fused-ring (bicyclic) bond motifs is 2. The highest BCUT2D eigenvalue weighted by molar-refractivity contribution is 5.97. The van der Waals surface area contributed by atoms with Crippen molar-refractivity contribution in [2.75, 3.05) is 6.79 Å². The number of pyridine rings is 1. The number of aryl methyl sites for hydroxylation is 2. The van der Waals surface area contributed by atoms with Gasteiger partial charge in [-0.3, -0.25) is 9.59 Å². The first-order chi connectivity index (χ1) is 13.1. The Balaban J connectivity index is 1.62. The number of hydrogen-bond acceptors (Lipinski definition) is 4. The van der Waals surface area contributed by atoms with Gasteiger partial charge in [0.15, 0.2) is 11.5 Å². The van der Waals surface area contributed by atoms with E-state index in [-0.39, 0.29) is 23.7 Å². The van der Waals surface area contributed by atoms with Gasteiger partial charge < -0.3 is 19.4 Å². The van der Waals surface area contributed by atoms with Crippen LogP contribution < -0.4 is 20.2 Å². The van der Waals surface area contributed by atoms with Crippen LogP contribution in [0.2, 0.25) is 0 Å². The number of carbonyl (C=O) groups excluding carboxylic acids is 1. The normalized spacial score (nSPS) is 12.4. The summed E-state index contributed by atoms with van der Waals surface area (Å²) in [5.41, 5.74) is 2.60. The Morgan fingerprint density at radius 3 is 2.78 bits per heavy atom. The van der Waals surface area contributed by atoms with Gasteiger partial charge >= 0.3 is 0 Å². The van der Waals surface area contributed by atoms with Crippen molar-refractivity contribution in [1.82, 2.24) is 9.88 Å². The second-order valence-corrected chi connectivity index (χ2v) is 6.55. The number of benzene rings is 2. The summed E-state index contributed by atoms with van der Waals surface area (Å²) in [6.07, 6.45) is 1.63. The molecule has 0 fully saturated rings. The fraction of sp³-hybridized carbons (Fsp3) is 0.238. The molecule has 1 aliphatic heterocycles. The highest BCUT2D eigenvalue weighted by Gasteiger charge is 2.17. The topological polar surface area (TPSA) is 69.6 Å². The number of rotatable bonds is 4. The van der Waals surface area contributed by atoms with E-state index >= 15 is 0 Å². The van der Waals surface area contributed by atoms with Gasteiger partial charge in [0.2, 0.25) is 12.2 Å². The van der Waals surface area contributed by atoms with E-state index in [2.05, 4.69) is 5.32 Å². The van der Waals surface area contributed by atoms with Crippen LogP contribution in [0.5, 0.6) is 11.5 Å². The van der Waals surface area contributed by atoms with Crippen molar-refractivity contribution in [2.45, 2.75) is 26.9 Å². The summed E-state index contributed by atoms with van der Waals surface area (Å²) in [6.45, 7) is 5.09. The maximum absolute atomic E-state index is 12.8. The second-order valence-electron chi connectivity index (χ2n) is 6.55. The van der Waals surface area contributed by atoms with Gasteiger partial charge in [0.1, 0.15) is 5.56 Å². The van der Waals surface area contributed by atoms with E-state index in [4.69, 9.17) is 9.47 Å². The highest BCUT2D eigenvalue weighted by Crippen LogP contribution is 2.32. The molecule has 0 atom stereocenters. The van der Waals surface area contributed by atoms with Gasteiger partial charge in [0.25, 0.3) is 5.91 Å². The Hall–Kier alpha value is -3.28. The third-order valence-corrected chi connectivity index (χ3v) is 4.71. The smallest absolute Gasteiger partial charge is 0.257 e. The summed E-state index contributed by atoms with van der Waals surface area (Å²) in [5, 5.41) is 3.39. The monoisotopic (exact) mass is 364 g/mol. The number of ether oxygens (including phenoxy) is 2. The molecule has 1 amide bonds. The minimum atomic E-state index is -0.386. The molecule has 2 heterocycles. The first-order valence-corrected chi connectivity index (χ1v) is 8.87. The summed E-state index contributed by atoms with van der Waals surface area (Å²) < 4.78 is 12.6. The Morgan fingerprint density at radius 1 is 1.15 bits per heavy atom. The van der Waals surface area contributed by atoms with E-state index in [9.17, 15) is 9.59 Å². The van der Waals surface area contributed by atoms with Gasteiger partial charge in [0, 0.05) is 24.7 Å². The molecule has 27 heavy (non-hydrogen) atoms. The number of aromatic nitrogens is 1. The highest BCUT2D eigenvalue weighted by atomic mass is 16.7. The molecule has 3 aromatic rings. The first-order valence-electron chi connectivity index (χ1n) is 8.87. The lowest BCUT2D eigenvalue weighted by molar-refractivity contribution is 0.0949. The largest absolute Gasteiger partial charge is 0.454 e. The van der Waals surface area contributed by atoms with E-state index in [1.54, 1.807) is 6.20 Å². The minimum absolute atomic E-state index is 0.149. The predicted octanol–water partition coefficient (Wildman–Crippen LogP) is 2.99. The van der Waals surface area contributed by atoms with Crippen LogP contribution in [0.15, 0.2) is 47.4 Å². The maximum Gasteiger partial charge on any atom is 0.257 e. The van der Waals surface area contributed by atoms with Crippen LogP contribution in [0.25, 0.3) is 10.9 Å². The van der Waals surface area contributed by atoms with Gasteiger partial charge in [-0.05, 0) is 43.7 Å². The molecule has 0 radical (unpaired) electrons. The molecular formula is C21H20N2O4. The fourth-order valence-corrected chi connectivity index (χ4v) is 3.26. The Labute approximate surface area is 156 Å². The molecule has 2 aromatic carbocycles. The first kappa shape index (κ1) is 17.1. The molecule has 6 heteroatoms. The predicted molar refractivity (Wildman–Crippen MR) is 102 cm³/mol. The van der Waals surface area contributed by atoms with Crippen LogP contribution in [0.1, 0.15) is 28.4 Å². The summed E-state index contributed by atoms with van der Waals surface area (Å²) in [5.74, 6) is 0.973. The van der Waals surface area contributed by atoms with Crippen molar-refractivity contribution in [2.24, 2.45) is 0 Å². The van der Waals surface area contributed by atoms with Crippen molar-refractivity contribution in [1.29, 1.82) is 0 Å². The van der Waals surface area contributed by atoms with Gasteiger partial charge in [-0.2, -0.15) is 0 Å². The Morgan fingerprint density at radius 2 is 1.96 bits per heavy atom. The van der Waals surface area contributed by atoms with E-state index < -0.39 is 0 Å². The van der Waals surface area contributed by atoms with Crippen LogP contribution in [0.4, 0.5) is 0 Å². The summed E-state index contributed by atoms with van der Waals surface area (Å²) >= 11 is 0. The molecule has 0 saturated carbocycles. The van der Waals surface area contributed by atoms with Gasteiger partial charge in [0.05, 0.1) is 5.52 Å². The lowest BCUT2D eigenvalue weighted by atomic mass is 10.1. The molecule has 0 unspecified atom stereocenters. The van der Waals surface area contributed by atoms with Crippen LogP contribution in [-0.4, -0.2) is 17.3 Å². The average Bonchev–Trinajstić information content (AvgIpc) is 3.14. The number of carbonyl (C=O) groups is 1. The zero-order valence-electron chi connectivity index (χ0n) is 15.2. The molecule has 0 aliphatic carbocycles. The molecule has 4 rings (SSSR count). The van der Waals surface area contributed by atoms with Crippen LogP contribution >= 0.6 is 0 Å². The average molecular weight is 364 g/mol. The summed E-state index contributed by atoms with van der Waals surface area (Å²) in [4.78, 5) is 25.5. The summed E-state index contributed by atoms with van der Waals surface area (Å²) in [6, 6.07) is 11.2. The second kappa shape index (κ2) is 6.79. The van der Waals surface area contributed by atoms with Crippen molar-refractivity contribution < 1.29 is 14.3 Å². The molecule has 1 aliphatic rings. The molecule has 1 N–H and O–H groups in total. The number of nitrogens with zero attached hydrogens (tertiary/aromatic N) is 1. The Bertz CT molecular complexity index is 1100. The molecule has 0 saturated heterocycles. The third-order valence-electron chi connectivity index (χ3n) is 4.71. The van der Waals surface area contributed by atoms with E-state index in [1.807, 2.05) is 54.8 Å². The maximum atomic E-state index is 12.8. The van der Waals surface area contributed by atoms with Gasteiger partial charge in [-0.15, -0.1) is 0 Å². The zero-order chi connectivity index (χ0) is 19.0. The molecule has 6 nitrogen and oxygen atoms in total. The molecule has 0 spiro atoms. The quantitative estimate of drug-likeness (QED) is 0.773. The van der Waals surface area contributed by atoms with Crippen molar-refractivity contribution in [3.63, 3.8) is 0 Å². The van der Waals surface area contributed by atoms with Crippen LogP contribution in [0, 0.1) is 6.92 Å². The van der Waals surface area contributed by atoms with E-state index in [1.165, 1.54) is 0 Å². The van der Waals surface area contributed by atoms with Crippen LogP contribution in [-0.2, 0) is 13.1 Å². The standard InChI is InChI=1S/C21H20N2O4/c1-3-23-11-16(20(24)15-8-13(2)4-6-17(15)23)21(25)22-10-14-5-7-18-19(9-14)27-12-26-18/h4-9,11H,3,10,12H2,1-2H3,(H,22,25). The fourth-order valence-electron chi connectivity index (χ4n) is 3.26. The van der Waals surface area contributed by atoms with Crippen molar-refractivity contribution in [3.8, 4) is 11.5 Å². The molecule has 1 aromatic heterocycles. The lowest BCUT2D eigenvalue weighted by Gasteiger charge is -2.12. The van der Waals surface area contributed by atoms with Gasteiger partial charge in [-0.1, -0.05) is 17.7 Å². The van der Waals surface area contributed by atoms with E-state index in [0.717, 1.165) is 16.6 Å². The number of hydrogen-bond donors (Lipinski definition) is 1. The number of amides is 1. The van der Waals surface area contributed by atoms with Crippen LogP contribution in [0.3, 0.4) is 0 Å². The number of nitrogens with one attached hydrogen (secondary N) is 1. The van der Waals surface area contributed by atoms with E-state index in [0.29, 0.717) is 30.0 Å². The molecule has 0 bridgehead atoms. The minimum Gasteiger partial charge on any atom is -0.454 e. The van der Waals surface area contributed by atoms with Gasteiger partial charge in [-0.25, -0.2) is 0 Å². The zero-order valence-corrected chi connectivity index (χ0v) is 15.2. The Kier molecular flexibility index (Phi) is 4.32. The van der Waals surface area contributed by atoms with Crippen molar-refractivity contribution >= 4 is 16.8 Å². The molecule has 138 valence electrons. The lowest BCUT2D eigenvalue weighted by Crippen LogP contribution is -2.29. The van der Waals surface area contributed by atoms with Crippen molar-refractivity contribution in [3.05, 3.63) is 69.5 Å². The third kappa shape index (κ3) is 3.14. The SMILES string of the molecule is CCn1cc(C(=O)NCc2ccc3c(c2)OCO3)c(=O)c2cc(C)ccc21. The summed E-state index contributed by atoms with van der Waals surface area (Å²) in [7, 11) is 0.